The van der Waals surface area contributed by atoms with Crippen molar-refractivity contribution in [2.24, 2.45) is 0 Å². The van der Waals surface area contributed by atoms with Crippen LogP contribution >= 0.6 is 0 Å². The summed E-state index contributed by atoms with van der Waals surface area (Å²) in [5, 5.41) is 11.6. The maximum absolute atomic E-state index is 5.84. The molecule has 0 fully saturated rings. The molecule has 4 nitrogen and oxygen atoms in total. The lowest BCUT2D eigenvalue weighted by atomic mass is 10.2. The first-order valence-corrected chi connectivity index (χ1v) is 6.45. The largest absolute Gasteiger partial charge is 0.459 e. The monoisotopic (exact) mass is 255 g/mol. The third-order valence-electron chi connectivity index (χ3n) is 3.40. The van der Waals surface area contributed by atoms with E-state index >= 15 is 0 Å². The van der Waals surface area contributed by atoms with E-state index in [1.165, 1.54) is 5.56 Å². The average molecular weight is 255 g/mol. The van der Waals surface area contributed by atoms with Gasteiger partial charge in [0, 0.05) is 23.2 Å². The van der Waals surface area contributed by atoms with E-state index in [9.17, 15) is 0 Å². The van der Waals surface area contributed by atoms with Crippen molar-refractivity contribution in [1.29, 1.82) is 0 Å². The topological polar surface area (TPSA) is 53.9 Å². The van der Waals surface area contributed by atoms with Gasteiger partial charge >= 0.3 is 0 Å². The second-order valence-electron chi connectivity index (χ2n) is 4.81. The Labute approximate surface area is 111 Å². The van der Waals surface area contributed by atoms with Crippen LogP contribution in [0.3, 0.4) is 0 Å². The van der Waals surface area contributed by atoms with Crippen molar-refractivity contribution in [1.82, 2.24) is 15.5 Å². The van der Waals surface area contributed by atoms with Gasteiger partial charge in [-0.3, -0.25) is 5.10 Å². The molecule has 0 saturated heterocycles. The molecule has 2 N–H and O–H groups in total. The van der Waals surface area contributed by atoms with Crippen LogP contribution in [0.25, 0.3) is 11.0 Å². The van der Waals surface area contributed by atoms with Gasteiger partial charge < -0.3 is 9.73 Å². The summed E-state index contributed by atoms with van der Waals surface area (Å²) >= 11 is 0. The van der Waals surface area contributed by atoms with Crippen LogP contribution in [0, 0.1) is 6.92 Å². The molecule has 0 bridgehead atoms. The molecule has 4 heteroatoms. The molecule has 19 heavy (non-hydrogen) atoms. The Bertz CT molecular complexity index is 650. The van der Waals surface area contributed by atoms with Gasteiger partial charge in [0.15, 0.2) is 0 Å². The number of aryl methyl sites for hydroxylation is 1. The van der Waals surface area contributed by atoms with Gasteiger partial charge in [-0.25, -0.2) is 0 Å². The summed E-state index contributed by atoms with van der Waals surface area (Å²) in [5.41, 5.74) is 3.22. The molecule has 1 atom stereocenters. The molecule has 3 rings (SSSR count). The standard InChI is InChI=1S/C15H17N3O/c1-10-13(9-17-18-10)8-16-11(2)15-7-12-5-3-4-6-14(12)19-15/h3-7,9,11,16H,8H2,1-2H3,(H,17,18). The molecule has 0 amide bonds. The minimum atomic E-state index is 0.168. The van der Waals surface area contributed by atoms with Crippen LogP contribution in [0.15, 0.2) is 40.9 Å². The van der Waals surface area contributed by atoms with Crippen LogP contribution in [0.5, 0.6) is 0 Å². The lowest BCUT2D eigenvalue weighted by Crippen LogP contribution is -2.17. The maximum atomic E-state index is 5.84. The molecule has 0 aliphatic carbocycles. The summed E-state index contributed by atoms with van der Waals surface area (Å²) in [5.74, 6) is 0.961. The Balaban J connectivity index is 1.73. The number of aromatic amines is 1. The smallest absolute Gasteiger partial charge is 0.134 e. The molecule has 0 aliphatic heterocycles. The fourth-order valence-electron chi connectivity index (χ4n) is 2.13. The van der Waals surface area contributed by atoms with Crippen LogP contribution in [0.4, 0.5) is 0 Å². The van der Waals surface area contributed by atoms with Crippen LogP contribution in [0.2, 0.25) is 0 Å². The minimum Gasteiger partial charge on any atom is -0.459 e. The third-order valence-corrected chi connectivity index (χ3v) is 3.40. The second-order valence-corrected chi connectivity index (χ2v) is 4.81. The molecule has 2 aromatic heterocycles. The van der Waals surface area contributed by atoms with E-state index in [1.54, 1.807) is 0 Å². The van der Waals surface area contributed by atoms with Crippen LogP contribution in [-0.2, 0) is 6.54 Å². The van der Waals surface area contributed by atoms with Crippen LogP contribution in [0.1, 0.15) is 30.0 Å². The Kier molecular flexibility index (Phi) is 3.09. The summed E-state index contributed by atoms with van der Waals surface area (Å²) < 4.78 is 5.84. The van der Waals surface area contributed by atoms with Gasteiger partial charge in [-0.15, -0.1) is 0 Å². The van der Waals surface area contributed by atoms with Crippen molar-refractivity contribution in [3.05, 3.63) is 53.5 Å². The zero-order valence-electron chi connectivity index (χ0n) is 11.1. The molecule has 1 aromatic carbocycles. The number of para-hydroxylation sites is 1. The van der Waals surface area contributed by atoms with Gasteiger partial charge in [0.25, 0.3) is 0 Å². The number of H-pyrrole nitrogens is 1. The fraction of sp³-hybridized carbons (Fsp3) is 0.267. The average Bonchev–Trinajstić information content (AvgIpc) is 3.01. The summed E-state index contributed by atoms with van der Waals surface area (Å²) in [6.45, 7) is 4.91. The summed E-state index contributed by atoms with van der Waals surface area (Å²) in [6.07, 6.45) is 1.85. The predicted octanol–water partition coefficient (Wildman–Crippen LogP) is 3.32. The molecule has 0 spiro atoms. The summed E-state index contributed by atoms with van der Waals surface area (Å²) in [7, 11) is 0. The maximum Gasteiger partial charge on any atom is 0.134 e. The number of aromatic nitrogens is 2. The van der Waals surface area contributed by atoms with Gasteiger partial charge in [-0.05, 0) is 26.0 Å². The zero-order chi connectivity index (χ0) is 13.2. The summed E-state index contributed by atoms with van der Waals surface area (Å²) in [4.78, 5) is 0. The SMILES string of the molecule is Cc1[nH]ncc1CNC(C)c1cc2ccccc2o1. The Morgan fingerprint density at radius 1 is 1.37 bits per heavy atom. The number of rotatable bonds is 4. The molecular formula is C15H17N3O. The van der Waals surface area contributed by atoms with Crippen LogP contribution in [-0.4, -0.2) is 10.2 Å². The first kappa shape index (κ1) is 12.0. The highest BCUT2D eigenvalue weighted by Crippen LogP contribution is 2.23. The van der Waals surface area contributed by atoms with E-state index in [4.69, 9.17) is 4.42 Å². The van der Waals surface area contributed by atoms with Gasteiger partial charge in [-0.2, -0.15) is 5.10 Å². The first-order valence-electron chi connectivity index (χ1n) is 6.45. The highest BCUT2D eigenvalue weighted by Gasteiger charge is 2.11. The molecule has 1 unspecified atom stereocenters. The molecule has 0 saturated carbocycles. The molecule has 0 aliphatic rings. The Morgan fingerprint density at radius 2 is 2.21 bits per heavy atom. The number of nitrogens with one attached hydrogen (secondary N) is 2. The van der Waals surface area contributed by atoms with Crippen molar-refractivity contribution in [3.63, 3.8) is 0 Å². The van der Waals surface area contributed by atoms with Crippen molar-refractivity contribution >= 4 is 11.0 Å². The lowest BCUT2D eigenvalue weighted by Gasteiger charge is -2.10. The molecule has 0 radical (unpaired) electrons. The highest BCUT2D eigenvalue weighted by atomic mass is 16.3. The van der Waals surface area contributed by atoms with Crippen molar-refractivity contribution in [2.45, 2.75) is 26.4 Å². The van der Waals surface area contributed by atoms with E-state index in [2.05, 4.69) is 34.6 Å². The number of furan rings is 1. The predicted molar refractivity (Wildman–Crippen MR) is 74.8 cm³/mol. The zero-order valence-corrected chi connectivity index (χ0v) is 11.1. The van der Waals surface area contributed by atoms with Gasteiger partial charge in [0.1, 0.15) is 11.3 Å². The Hall–Kier alpha value is -2.07. The number of fused-ring (bicyclic) bond motifs is 1. The van der Waals surface area contributed by atoms with Crippen molar-refractivity contribution in [3.8, 4) is 0 Å². The van der Waals surface area contributed by atoms with Gasteiger partial charge in [0.2, 0.25) is 0 Å². The molecule has 2 heterocycles. The lowest BCUT2D eigenvalue weighted by molar-refractivity contribution is 0.450. The van der Waals surface area contributed by atoms with Crippen molar-refractivity contribution < 1.29 is 4.42 Å². The van der Waals surface area contributed by atoms with Gasteiger partial charge in [0.05, 0.1) is 12.2 Å². The number of benzene rings is 1. The quantitative estimate of drug-likeness (QED) is 0.752. The molecule has 98 valence electrons. The number of hydrogen-bond donors (Lipinski definition) is 2. The minimum absolute atomic E-state index is 0.168. The molecule has 3 aromatic rings. The summed E-state index contributed by atoms with van der Waals surface area (Å²) in [6, 6.07) is 10.3. The van der Waals surface area contributed by atoms with E-state index < -0.39 is 0 Å². The number of nitrogens with zero attached hydrogens (tertiary/aromatic N) is 1. The normalized spacial score (nSPS) is 12.9. The van der Waals surface area contributed by atoms with E-state index in [-0.39, 0.29) is 6.04 Å². The Morgan fingerprint density at radius 3 is 2.95 bits per heavy atom. The van der Waals surface area contributed by atoms with E-state index in [1.807, 2.05) is 31.3 Å². The van der Waals surface area contributed by atoms with Gasteiger partial charge in [-0.1, -0.05) is 18.2 Å². The molecular weight excluding hydrogens is 238 g/mol. The fourth-order valence-corrected chi connectivity index (χ4v) is 2.13. The second kappa shape index (κ2) is 4.90. The first-order chi connectivity index (χ1) is 9.24. The van der Waals surface area contributed by atoms with Crippen molar-refractivity contribution in [2.75, 3.05) is 0 Å². The number of hydrogen-bond acceptors (Lipinski definition) is 3. The third kappa shape index (κ3) is 2.39. The van der Waals surface area contributed by atoms with E-state index in [0.29, 0.717) is 0 Å². The van der Waals surface area contributed by atoms with Crippen LogP contribution < -0.4 is 5.32 Å². The van der Waals surface area contributed by atoms with E-state index in [0.717, 1.165) is 29.0 Å². The highest BCUT2D eigenvalue weighted by molar-refractivity contribution is 5.77.